The summed E-state index contributed by atoms with van der Waals surface area (Å²) >= 11 is 0. The van der Waals surface area contributed by atoms with Gasteiger partial charge in [-0.25, -0.2) is 0 Å². The molecule has 0 bridgehead atoms. The molecule has 4 nitrogen and oxygen atoms in total. The van der Waals surface area contributed by atoms with Gasteiger partial charge in [-0.1, -0.05) is 35.9 Å². The van der Waals surface area contributed by atoms with Gasteiger partial charge in [-0.2, -0.15) is 0 Å². The van der Waals surface area contributed by atoms with Gasteiger partial charge in [0.2, 0.25) is 11.8 Å². The molecule has 2 amide bonds. The highest BCUT2D eigenvalue weighted by molar-refractivity contribution is 6.03. The van der Waals surface area contributed by atoms with Crippen LogP contribution in [0.3, 0.4) is 0 Å². The second-order valence-electron chi connectivity index (χ2n) is 5.87. The van der Waals surface area contributed by atoms with Crippen LogP contribution >= 0.6 is 0 Å². The lowest BCUT2D eigenvalue weighted by molar-refractivity contribution is -0.126. The van der Waals surface area contributed by atoms with Gasteiger partial charge in [-0.05, 0) is 49.6 Å². The van der Waals surface area contributed by atoms with E-state index in [4.69, 9.17) is 0 Å². The van der Waals surface area contributed by atoms with E-state index < -0.39 is 0 Å². The Bertz CT molecular complexity index is 703. The Labute approximate surface area is 136 Å². The zero-order chi connectivity index (χ0) is 16.8. The van der Waals surface area contributed by atoms with Crippen LogP contribution in [0.4, 0.5) is 5.69 Å². The number of carbonyl (C=O) groups is 2. The van der Waals surface area contributed by atoms with E-state index in [9.17, 15) is 9.59 Å². The molecule has 0 saturated carbocycles. The zero-order valence-electron chi connectivity index (χ0n) is 13.8. The molecule has 0 unspecified atom stereocenters. The van der Waals surface area contributed by atoms with Crippen molar-refractivity contribution < 1.29 is 9.59 Å². The predicted molar refractivity (Wildman–Crippen MR) is 92.2 cm³/mol. The molecular weight excluding hydrogens is 288 g/mol. The third-order valence-corrected chi connectivity index (χ3v) is 3.40. The van der Waals surface area contributed by atoms with E-state index in [1.807, 2.05) is 63.2 Å². The van der Waals surface area contributed by atoms with Gasteiger partial charge in [0, 0.05) is 12.2 Å². The van der Waals surface area contributed by atoms with Crippen LogP contribution in [0.15, 0.2) is 42.5 Å². The van der Waals surface area contributed by atoms with Crippen LogP contribution in [-0.2, 0) is 16.1 Å². The minimum absolute atomic E-state index is 0.182. The highest BCUT2D eigenvalue weighted by Crippen LogP contribution is 2.13. The van der Waals surface area contributed by atoms with Crippen molar-refractivity contribution in [1.29, 1.82) is 0 Å². The summed E-state index contributed by atoms with van der Waals surface area (Å²) in [6, 6.07) is 13.7. The highest BCUT2D eigenvalue weighted by atomic mass is 16.2. The molecule has 120 valence electrons. The van der Waals surface area contributed by atoms with Crippen LogP contribution in [0, 0.1) is 20.8 Å². The van der Waals surface area contributed by atoms with E-state index in [-0.39, 0.29) is 18.2 Å². The van der Waals surface area contributed by atoms with Gasteiger partial charge in [0.15, 0.2) is 0 Å². The molecule has 0 heterocycles. The van der Waals surface area contributed by atoms with Crippen molar-refractivity contribution >= 4 is 17.5 Å². The monoisotopic (exact) mass is 310 g/mol. The topological polar surface area (TPSA) is 58.2 Å². The van der Waals surface area contributed by atoms with Crippen molar-refractivity contribution in [3.05, 3.63) is 64.7 Å². The maximum Gasteiger partial charge on any atom is 0.233 e. The second-order valence-corrected chi connectivity index (χ2v) is 5.87. The van der Waals surface area contributed by atoms with Crippen molar-refractivity contribution in [2.24, 2.45) is 0 Å². The van der Waals surface area contributed by atoms with Crippen LogP contribution < -0.4 is 10.6 Å². The number of anilines is 1. The van der Waals surface area contributed by atoms with Crippen molar-refractivity contribution in [1.82, 2.24) is 5.32 Å². The Kier molecular flexibility index (Phi) is 5.52. The van der Waals surface area contributed by atoms with Crippen LogP contribution in [0.5, 0.6) is 0 Å². The Balaban J connectivity index is 1.83. The Morgan fingerprint density at radius 3 is 2.22 bits per heavy atom. The summed E-state index contributed by atoms with van der Waals surface area (Å²) in [5, 5.41) is 5.53. The standard InChI is InChI=1S/C19H22N2O2/c1-13-5-4-6-16(8-13)12-20-18(22)11-19(23)21-17-9-14(2)7-15(3)10-17/h4-10H,11-12H2,1-3H3,(H,20,22)(H,21,23). The van der Waals surface area contributed by atoms with Crippen LogP contribution in [0.1, 0.15) is 28.7 Å². The van der Waals surface area contributed by atoms with Crippen LogP contribution in [-0.4, -0.2) is 11.8 Å². The number of nitrogens with one attached hydrogen (secondary N) is 2. The zero-order valence-corrected chi connectivity index (χ0v) is 13.8. The molecule has 23 heavy (non-hydrogen) atoms. The summed E-state index contributed by atoms with van der Waals surface area (Å²) in [7, 11) is 0. The van der Waals surface area contributed by atoms with E-state index in [0.717, 1.165) is 27.9 Å². The lowest BCUT2D eigenvalue weighted by Crippen LogP contribution is -2.27. The summed E-state index contributed by atoms with van der Waals surface area (Å²) in [6.45, 7) is 6.37. The molecule has 0 saturated heterocycles. The predicted octanol–water partition coefficient (Wildman–Crippen LogP) is 3.26. The Hall–Kier alpha value is -2.62. The lowest BCUT2D eigenvalue weighted by Gasteiger charge is -2.08. The maximum atomic E-state index is 11.9. The number of hydrogen-bond donors (Lipinski definition) is 2. The number of hydrogen-bond acceptors (Lipinski definition) is 2. The average molecular weight is 310 g/mol. The largest absolute Gasteiger partial charge is 0.352 e. The molecule has 0 aliphatic heterocycles. The first-order chi connectivity index (χ1) is 10.9. The number of rotatable bonds is 5. The maximum absolute atomic E-state index is 11.9. The molecular formula is C19H22N2O2. The summed E-state index contributed by atoms with van der Waals surface area (Å²) < 4.78 is 0. The molecule has 2 aromatic carbocycles. The molecule has 0 aliphatic carbocycles. The molecule has 0 fully saturated rings. The van der Waals surface area contributed by atoms with Gasteiger partial charge in [0.25, 0.3) is 0 Å². The first-order valence-electron chi connectivity index (χ1n) is 7.63. The fourth-order valence-electron chi connectivity index (χ4n) is 2.48. The quantitative estimate of drug-likeness (QED) is 0.833. The summed E-state index contributed by atoms with van der Waals surface area (Å²) in [5.74, 6) is -0.592. The SMILES string of the molecule is Cc1cccc(CNC(=O)CC(=O)Nc2cc(C)cc(C)c2)c1. The fraction of sp³-hybridized carbons (Fsp3) is 0.263. The third-order valence-electron chi connectivity index (χ3n) is 3.40. The molecule has 2 N–H and O–H groups in total. The van der Waals surface area contributed by atoms with Gasteiger partial charge in [0.05, 0.1) is 0 Å². The van der Waals surface area contributed by atoms with Crippen molar-refractivity contribution in [2.75, 3.05) is 5.32 Å². The second kappa shape index (κ2) is 7.58. The van der Waals surface area contributed by atoms with E-state index in [2.05, 4.69) is 10.6 Å². The smallest absolute Gasteiger partial charge is 0.233 e. The number of carbonyl (C=O) groups excluding carboxylic acids is 2. The lowest BCUT2D eigenvalue weighted by atomic mass is 10.1. The normalized spacial score (nSPS) is 10.2. The number of benzene rings is 2. The molecule has 4 heteroatoms. The van der Waals surface area contributed by atoms with Crippen molar-refractivity contribution in [3.63, 3.8) is 0 Å². The Morgan fingerprint density at radius 2 is 1.57 bits per heavy atom. The van der Waals surface area contributed by atoms with Gasteiger partial charge in [0.1, 0.15) is 6.42 Å². The van der Waals surface area contributed by atoms with Gasteiger partial charge in [-0.3, -0.25) is 9.59 Å². The van der Waals surface area contributed by atoms with Gasteiger partial charge >= 0.3 is 0 Å². The Morgan fingerprint density at radius 1 is 0.870 bits per heavy atom. The van der Waals surface area contributed by atoms with E-state index >= 15 is 0 Å². The van der Waals surface area contributed by atoms with Crippen molar-refractivity contribution in [2.45, 2.75) is 33.7 Å². The molecule has 0 spiro atoms. The fourth-order valence-corrected chi connectivity index (χ4v) is 2.48. The van der Waals surface area contributed by atoms with E-state index in [0.29, 0.717) is 6.54 Å². The van der Waals surface area contributed by atoms with E-state index in [1.54, 1.807) is 0 Å². The molecule has 0 atom stereocenters. The number of aryl methyl sites for hydroxylation is 3. The molecule has 0 radical (unpaired) electrons. The molecule has 0 aliphatic rings. The third kappa shape index (κ3) is 5.58. The summed E-state index contributed by atoms with van der Waals surface area (Å²) in [6.07, 6.45) is -0.182. The first-order valence-corrected chi connectivity index (χ1v) is 7.63. The molecule has 2 rings (SSSR count). The minimum atomic E-state index is -0.309. The van der Waals surface area contributed by atoms with E-state index in [1.165, 1.54) is 0 Å². The van der Waals surface area contributed by atoms with Crippen molar-refractivity contribution in [3.8, 4) is 0 Å². The minimum Gasteiger partial charge on any atom is -0.352 e. The average Bonchev–Trinajstić information content (AvgIpc) is 2.44. The first kappa shape index (κ1) is 16.7. The number of amides is 2. The molecule has 0 aromatic heterocycles. The summed E-state index contributed by atoms with van der Waals surface area (Å²) in [5.41, 5.74) is 5.03. The highest BCUT2D eigenvalue weighted by Gasteiger charge is 2.10. The summed E-state index contributed by atoms with van der Waals surface area (Å²) in [4.78, 5) is 23.8. The van der Waals surface area contributed by atoms with Gasteiger partial charge in [-0.15, -0.1) is 0 Å². The molecule has 2 aromatic rings. The van der Waals surface area contributed by atoms with Crippen LogP contribution in [0.25, 0.3) is 0 Å². The van der Waals surface area contributed by atoms with Gasteiger partial charge < -0.3 is 10.6 Å². The van der Waals surface area contributed by atoms with Crippen LogP contribution in [0.2, 0.25) is 0 Å².